The molecule has 2 nitrogen and oxygen atoms in total. The van der Waals surface area contributed by atoms with Gasteiger partial charge >= 0.3 is 0 Å². The van der Waals surface area contributed by atoms with Gasteiger partial charge < -0.3 is 9.64 Å². The molecule has 4 heteroatoms. The number of ether oxygens (including phenoxy) is 1. The lowest BCUT2D eigenvalue weighted by atomic mass is 9.72. The van der Waals surface area contributed by atoms with Crippen LogP contribution in [0.2, 0.25) is 10.0 Å². The summed E-state index contributed by atoms with van der Waals surface area (Å²) in [5.41, 5.74) is 1.34. The zero-order valence-corrected chi connectivity index (χ0v) is 15.4. The van der Waals surface area contributed by atoms with Gasteiger partial charge in [0, 0.05) is 25.1 Å². The third-order valence-electron chi connectivity index (χ3n) is 6.44. The Balaban J connectivity index is 1.71. The van der Waals surface area contributed by atoms with Crippen molar-refractivity contribution in [1.82, 2.24) is 4.90 Å². The smallest absolute Gasteiger partial charge is 0.0648 e. The van der Waals surface area contributed by atoms with Gasteiger partial charge in [-0.3, -0.25) is 0 Å². The molecular weight excluding hydrogens is 329 g/mol. The Labute approximate surface area is 149 Å². The van der Waals surface area contributed by atoms with Crippen LogP contribution in [0.1, 0.15) is 43.6 Å². The number of fused-ring (bicyclic) bond motifs is 2. The van der Waals surface area contributed by atoms with Crippen molar-refractivity contribution in [1.29, 1.82) is 0 Å². The summed E-state index contributed by atoms with van der Waals surface area (Å²) in [6.07, 6.45) is 6.85. The van der Waals surface area contributed by atoms with Crippen molar-refractivity contribution in [3.8, 4) is 0 Å². The van der Waals surface area contributed by atoms with E-state index in [1.807, 2.05) is 13.2 Å². The minimum atomic E-state index is 0.376. The number of hydrogen-bond donors (Lipinski definition) is 0. The molecule has 3 fully saturated rings. The van der Waals surface area contributed by atoms with Crippen molar-refractivity contribution >= 4 is 23.2 Å². The summed E-state index contributed by atoms with van der Waals surface area (Å²) in [5.74, 6) is 1.85. The molecule has 1 unspecified atom stereocenters. The van der Waals surface area contributed by atoms with Crippen LogP contribution in [0.4, 0.5) is 0 Å². The summed E-state index contributed by atoms with van der Waals surface area (Å²) in [6, 6.07) is 7.56. The molecule has 1 aliphatic carbocycles. The second-order valence-corrected chi connectivity index (χ2v) is 8.41. The second-order valence-electron chi connectivity index (χ2n) is 7.59. The maximum absolute atomic E-state index is 6.31. The molecule has 3 aliphatic rings. The zero-order valence-electron chi connectivity index (χ0n) is 13.8. The minimum Gasteiger partial charge on any atom is -0.381 e. The van der Waals surface area contributed by atoms with E-state index < -0.39 is 0 Å². The van der Waals surface area contributed by atoms with Gasteiger partial charge in [-0.15, -0.1) is 0 Å². The van der Waals surface area contributed by atoms with Crippen LogP contribution < -0.4 is 0 Å². The van der Waals surface area contributed by atoms with Gasteiger partial charge in [0.15, 0.2) is 0 Å². The fourth-order valence-electron chi connectivity index (χ4n) is 5.15. The van der Waals surface area contributed by atoms with Gasteiger partial charge in [-0.1, -0.05) is 29.3 Å². The summed E-state index contributed by atoms with van der Waals surface area (Å²) < 4.78 is 6.03. The third-order valence-corrected chi connectivity index (χ3v) is 7.18. The Hall–Kier alpha value is -0.280. The quantitative estimate of drug-likeness (QED) is 0.756. The van der Waals surface area contributed by atoms with Crippen LogP contribution in [0.3, 0.4) is 0 Å². The summed E-state index contributed by atoms with van der Waals surface area (Å²) in [4.78, 5) is 2.62. The van der Waals surface area contributed by atoms with Crippen LogP contribution in [0.5, 0.6) is 0 Å². The molecule has 23 heavy (non-hydrogen) atoms. The minimum absolute atomic E-state index is 0.376. The Morgan fingerprint density at radius 3 is 2.57 bits per heavy atom. The zero-order chi connectivity index (χ0) is 16.1. The average molecular weight is 354 g/mol. The van der Waals surface area contributed by atoms with Crippen molar-refractivity contribution in [2.24, 2.45) is 11.8 Å². The van der Waals surface area contributed by atoms with Gasteiger partial charge in [-0.2, -0.15) is 0 Å². The van der Waals surface area contributed by atoms with Gasteiger partial charge in [0.1, 0.15) is 0 Å². The van der Waals surface area contributed by atoms with E-state index in [1.54, 1.807) is 0 Å². The predicted octanol–water partition coefficient (Wildman–Crippen LogP) is 4.98. The molecule has 0 spiro atoms. The monoisotopic (exact) mass is 353 g/mol. The number of rotatable bonds is 4. The molecule has 5 atom stereocenters. The van der Waals surface area contributed by atoms with E-state index in [4.69, 9.17) is 27.9 Å². The Morgan fingerprint density at radius 1 is 1.13 bits per heavy atom. The summed E-state index contributed by atoms with van der Waals surface area (Å²) in [5, 5.41) is 1.32. The SMILES string of the molecule is CO[C@@H](C1CC1)[C@@H]1C2CC[C@H](C[C@H]1c1ccc(Cl)c(Cl)c1)N2C. The number of halogens is 2. The second kappa shape index (κ2) is 6.22. The lowest BCUT2D eigenvalue weighted by molar-refractivity contribution is -0.0320. The first kappa shape index (κ1) is 16.2. The van der Waals surface area contributed by atoms with Gasteiger partial charge in [-0.05, 0) is 68.7 Å². The molecular formula is C19H25Cl2NO. The highest BCUT2D eigenvalue weighted by atomic mass is 35.5. The number of benzene rings is 1. The Morgan fingerprint density at radius 2 is 1.91 bits per heavy atom. The molecule has 1 aromatic carbocycles. The topological polar surface area (TPSA) is 12.5 Å². The molecule has 0 N–H and O–H groups in total. The molecule has 2 bridgehead atoms. The molecule has 4 rings (SSSR count). The van der Waals surface area contributed by atoms with Gasteiger partial charge in [0.2, 0.25) is 0 Å². The van der Waals surface area contributed by atoms with Gasteiger partial charge in [0.05, 0.1) is 16.1 Å². The first-order valence-corrected chi connectivity index (χ1v) is 9.55. The van der Waals surface area contributed by atoms with E-state index in [0.29, 0.717) is 40.1 Å². The maximum Gasteiger partial charge on any atom is 0.0648 e. The highest BCUT2D eigenvalue weighted by Crippen LogP contribution is 2.52. The molecule has 0 radical (unpaired) electrons. The highest BCUT2D eigenvalue weighted by Gasteiger charge is 2.52. The molecule has 2 heterocycles. The van der Waals surface area contributed by atoms with Crippen LogP contribution in [-0.4, -0.2) is 37.2 Å². The maximum atomic E-state index is 6.31. The van der Waals surface area contributed by atoms with Crippen molar-refractivity contribution in [2.75, 3.05) is 14.2 Å². The molecule has 1 aromatic rings. The number of nitrogens with zero attached hydrogens (tertiary/aromatic N) is 1. The molecule has 0 aromatic heterocycles. The van der Waals surface area contributed by atoms with E-state index in [2.05, 4.69) is 24.1 Å². The lowest BCUT2D eigenvalue weighted by Gasteiger charge is -2.46. The summed E-state index contributed by atoms with van der Waals surface area (Å²) in [7, 11) is 4.20. The van der Waals surface area contributed by atoms with Crippen molar-refractivity contribution in [3.63, 3.8) is 0 Å². The summed E-state index contributed by atoms with van der Waals surface area (Å²) in [6.45, 7) is 0. The van der Waals surface area contributed by atoms with Crippen LogP contribution in [0, 0.1) is 11.8 Å². The van der Waals surface area contributed by atoms with E-state index in [9.17, 15) is 0 Å². The largest absolute Gasteiger partial charge is 0.381 e. The number of piperidine rings is 1. The van der Waals surface area contributed by atoms with E-state index in [1.165, 1.54) is 37.7 Å². The van der Waals surface area contributed by atoms with E-state index in [-0.39, 0.29) is 0 Å². The molecule has 2 aliphatic heterocycles. The van der Waals surface area contributed by atoms with Crippen LogP contribution in [0.25, 0.3) is 0 Å². The molecule has 2 saturated heterocycles. The van der Waals surface area contributed by atoms with Crippen molar-refractivity contribution < 1.29 is 4.74 Å². The first-order valence-electron chi connectivity index (χ1n) is 8.80. The van der Waals surface area contributed by atoms with Gasteiger partial charge in [-0.25, -0.2) is 0 Å². The van der Waals surface area contributed by atoms with Crippen LogP contribution in [0.15, 0.2) is 18.2 Å². The lowest BCUT2D eigenvalue weighted by Crippen LogP contribution is -2.51. The normalized spacial score (nSPS) is 35.5. The first-order chi connectivity index (χ1) is 11.1. The Bertz CT molecular complexity index is 587. The number of hydrogen-bond acceptors (Lipinski definition) is 2. The van der Waals surface area contributed by atoms with Crippen molar-refractivity contribution in [2.45, 2.75) is 56.2 Å². The molecule has 126 valence electrons. The predicted molar refractivity (Wildman–Crippen MR) is 95.4 cm³/mol. The van der Waals surface area contributed by atoms with Crippen LogP contribution in [-0.2, 0) is 4.74 Å². The Kier molecular flexibility index (Phi) is 4.38. The third kappa shape index (κ3) is 2.82. The van der Waals surface area contributed by atoms with Crippen LogP contribution >= 0.6 is 23.2 Å². The van der Waals surface area contributed by atoms with E-state index in [0.717, 1.165) is 5.92 Å². The fourth-order valence-corrected chi connectivity index (χ4v) is 5.45. The molecule has 1 saturated carbocycles. The van der Waals surface area contributed by atoms with Gasteiger partial charge in [0.25, 0.3) is 0 Å². The fraction of sp³-hybridized carbons (Fsp3) is 0.684. The summed E-state index contributed by atoms with van der Waals surface area (Å²) >= 11 is 12.4. The molecule has 0 amide bonds. The average Bonchev–Trinajstić information content (AvgIpc) is 3.33. The van der Waals surface area contributed by atoms with E-state index >= 15 is 0 Å². The standard InChI is InChI=1S/C19H25Cl2NO/c1-22-13-6-8-17(22)18(19(23-2)11-3-4-11)14(10-13)12-5-7-15(20)16(21)9-12/h5,7,9,11,13-14,17-19H,3-4,6,8,10H2,1-2H3/t13-,14+,17?,18+,19+/m1/s1. The number of methoxy groups -OCH3 is 1. The highest BCUT2D eigenvalue weighted by molar-refractivity contribution is 6.42. The van der Waals surface area contributed by atoms with Crippen molar-refractivity contribution in [3.05, 3.63) is 33.8 Å².